The Labute approximate surface area is 126 Å². The van der Waals surface area contributed by atoms with Crippen LogP contribution in [-0.2, 0) is 6.42 Å². The minimum absolute atomic E-state index is 0.0696. The lowest BCUT2D eigenvalue weighted by Crippen LogP contribution is -2.37. The molecule has 21 heavy (non-hydrogen) atoms. The van der Waals surface area contributed by atoms with Gasteiger partial charge in [-0.2, -0.15) is 0 Å². The molecule has 2 aliphatic rings. The third kappa shape index (κ3) is 3.38. The van der Waals surface area contributed by atoms with Gasteiger partial charge in [0, 0.05) is 13.1 Å². The Morgan fingerprint density at radius 2 is 2.19 bits per heavy atom. The Morgan fingerprint density at radius 1 is 1.38 bits per heavy atom. The van der Waals surface area contributed by atoms with E-state index in [2.05, 4.69) is 28.6 Å². The van der Waals surface area contributed by atoms with Gasteiger partial charge in [0.15, 0.2) is 0 Å². The first kappa shape index (κ1) is 14.4. The molecule has 0 aromatic heterocycles. The highest BCUT2D eigenvalue weighted by Crippen LogP contribution is 2.26. The number of fused-ring (bicyclic) bond motifs is 1. The molecule has 4 heteroatoms. The lowest BCUT2D eigenvalue weighted by atomic mass is 9.96. The zero-order valence-electron chi connectivity index (χ0n) is 12.8. The molecular formula is C17H25N3O. The van der Waals surface area contributed by atoms with Crippen LogP contribution in [0.25, 0.3) is 0 Å². The number of hydrogen-bond donors (Lipinski definition) is 2. The predicted octanol–water partition coefficient (Wildman–Crippen LogP) is 2.12. The van der Waals surface area contributed by atoms with E-state index < -0.39 is 0 Å². The fourth-order valence-corrected chi connectivity index (χ4v) is 3.30. The second-order valence-corrected chi connectivity index (χ2v) is 6.33. The van der Waals surface area contributed by atoms with E-state index in [1.54, 1.807) is 0 Å². The molecule has 114 valence electrons. The van der Waals surface area contributed by atoms with Crippen LogP contribution in [0.4, 0.5) is 5.69 Å². The molecule has 0 spiro atoms. The van der Waals surface area contributed by atoms with Gasteiger partial charge in [0.25, 0.3) is 5.91 Å². The van der Waals surface area contributed by atoms with E-state index in [4.69, 9.17) is 0 Å². The highest BCUT2D eigenvalue weighted by Gasteiger charge is 2.20. The van der Waals surface area contributed by atoms with Gasteiger partial charge >= 0.3 is 0 Å². The Kier molecular flexibility index (Phi) is 4.44. The quantitative estimate of drug-likeness (QED) is 0.895. The van der Waals surface area contributed by atoms with E-state index in [1.807, 2.05) is 12.1 Å². The molecule has 1 fully saturated rings. The maximum Gasteiger partial charge on any atom is 0.253 e. The summed E-state index contributed by atoms with van der Waals surface area (Å²) >= 11 is 0. The van der Waals surface area contributed by atoms with E-state index in [0.717, 1.165) is 50.3 Å². The Balaban J connectivity index is 1.61. The van der Waals surface area contributed by atoms with Gasteiger partial charge in [-0.15, -0.1) is 0 Å². The summed E-state index contributed by atoms with van der Waals surface area (Å²) < 4.78 is 0. The second-order valence-electron chi connectivity index (χ2n) is 6.33. The molecule has 2 heterocycles. The van der Waals surface area contributed by atoms with Crippen molar-refractivity contribution >= 4 is 11.6 Å². The van der Waals surface area contributed by atoms with Crippen LogP contribution in [0.3, 0.4) is 0 Å². The molecule has 0 saturated carbocycles. The molecule has 1 aromatic rings. The number of aryl methyl sites for hydroxylation is 1. The minimum atomic E-state index is 0.0696. The molecule has 2 N–H and O–H groups in total. The van der Waals surface area contributed by atoms with Crippen molar-refractivity contribution in [2.75, 3.05) is 38.5 Å². The van der Waals surface area contributed by atoms with Crippen molar-refractivity contribution < 1.29 is 4.79 Å². The number of benzene rings is 1. The largest absolute Gasteiger partial charge is 0.384 e. The number of piperidine rings is 1. The van der Waals surface area contributed by atoms with Crippen molar-refractivity contribution in [3.8, 4) is 0 Å². The van der Waals surface area contributed by atoms with Crippen LogP contribution in [0, 0.1) is 5.92 Å². The summed E-state index contributed by atoms with van der Waals surface area (Å²) in [5.41, 5.74) is 3.12. The molecule has 4 nitrogen and oxygen atoms in total. The number of anilines is 1. The van der Waals surface area contributed by atoms with E-state index in [0.29, 0.717) is 5.92 Å². The number of amides is 1. The molecule has 1 aromatic carbocycles. The van der Waals surface area contributed by atoms with Gasteiger partial charge in [0.1, 0.15) is 0 Å². The number of hydrogen-bond acceptors (Lipinski definition) is 3. The fraction of sp³-hybridized carbons (Fsp3) is 0.588. The highest BCUT2D eigenvalue weighted by molar-refractivity contribution is 6.00. The Bertz CT molecular complexity index is 507. The van der Waals surface area contributed by atoms with Crippen LogP contribution >= 0.6 is 0 Å². The van der Waals surface area contributed by atoms with E-state index >= 15 is 0 Å². The van der Waals surface area contributed by atoms with Gasteiger partial charge in [-0.25, -0.2) is 0 Å². The van der Waals surface area contributed by atoms with Crippen molar-refractivity contribution in [3.05, 3.63) is 29.3 Å². The molecule has 0 atom stereocenters. The van der Waals surface area contributed by atoms with Crippen molar-refractivity contribution in [1.82, 2.24) is 10.2 Å². The summed E-state index contributed by atoms with van der Waals surface area (Å²) in [6, 6.07) is 6.05. The van der Waals surface area contributed by atoms with Crippen LogP contribution in [-0.4, -0.2) is 44.0 Å². The zero-order valence-corrected chi connectivity index (χ0v) is 12.8. The van der Waals surface area contributed by atoms with Crippen molar-refractivity contribution in [2.24, 2.45) is 5.92 Å². The molecule has 1 saturated heterocycles. The summed E-state index contributed by atoms with van der Waals surface area (Å²) in [5.74, 6) is 0.692. The van der Waals surface area contributed by atoms with Crippen LogP contribution in [0.15, 0.2) is 18.2 Å². The van der Waals surface area contributed by atoms with Gasteiger partial charge in [0.05, 0.1) is 11.3 Å². The number of nitrogens with one attached hydrogen (secondary N) is 2. The number of carbonyl (C=O) groups excluding carboxylic acids is 1. The normalized spacial score (nSPS) is 19.7. The Hall–Kier alpha value is -1.55. The lowest BCUT2D eigenvalue weighted by molar-refractivity contribution is 0.0939. The fourth-order valence-electron chi connectivity index (χ4n) is 3.30. The molecule has 3 rings (SSSR count). The number of para-hydroxylation sites is 1. The number of carbonyl (C=O) groups is 1. The van der Waals surface area contributed by atoms with Crippen LogP contribution in [0.1, 0.15) is 35.2 Å². The van der Waals surface area contributed by atoms with Gasteiger partial charge in [-0.1, -0.05) is 12.1 Å². The molecular weight excluding hydrogens is 262 g/mol. The Morgan fingerprint density at radius 3 is 3.00 bits per heavy atom. The SMILES string of the molecule is CN1CCC(CNC(=O)c2cccc3c2NCCC3)CC1. The first-order valence-corrected chi connectivity index (χ1v) is 8.06. The maximum atomic E-state index is 12.5. The zero-order chi connectivity index (χ0) is 14.7. The third-order valence-electron chi connectivity index (χ3n) is 4.71. The number of nitrogens with zero attached hydrogens (tertiary/aromatic N) is 1. The summed E-state index contributed by atoms with van der Waals surface area (Å²) in [5, 5.41) is 6.52. The smallest absolute Gasteiger partial charge is 0.253 e. The van der Waals surface area contributed by atoms with E-state index in [-0.39, 0.29) is 5.91 Å². The van der Waals surface area contributed by atoms with E-state index in [1.165, 1.54) is 18.4 Å². The van der Waals surface area contributed by atoms with Crippen molar-refractivity contribution in [2.45, 2.75) is 25.7 Å². The summed E-state index contributed by atoms with van der Waals surface area (Å²) in [6.07, 6.45) is 4.58. The molecule has 1 amide bonds. The lowest BCUT2D eigenvalue weighted by Gasteiger charge is -2.29. The minimum Gasteiger partial charge on any atom is -0.384 e. The van der Waals surface area contributed by atoms with Crippen LogP contribution in [0.5, 0.6) is 0 Å². The summed E-state index contributed by atoms with van der Waals surface area (Å²) in [6.45, 7) is 4.05. The maximum absolute atomic E-state index is 12.5. The molecule has 0 radical (unpaired) electrons. The van der Waals surface area contributed by atoms with Gasteiger partial charge < -0.3 is 15.5 Å². The van der Waals surface area contributed by atoms with Gasteiger partial charge in [-0.05, 0) is 63.4 Å². The van der Waals surface area contributed by atoms with Crippen molar-refractivity contribution in [3.63, 3.8) is 0 Å². The summed E-state index contributed by atoms with van der Waals surface area (Å²) in [4.78, 5) is 14.8. The van der Waals surface area contributed by atoms with Crippen LogP contribution in [0.2, 0.25) is 0 Å². The van der Waals surface area contributed by atoms with Gasteiger partial charge in [0.2, 0.25) is 0 Å². The number of rotatable bonds is 3. The topological polar surface area (TPSA) is 44.4 Å². The standard InChI is InChI=1S/C17H25N3O/c1-20-10-7-13(8-11-20)12-19-17(21)15-6-2-4-14-5-3-9-18-16(14)15/h2,4,6,13,18H,3,5,7-12H2,1H3,(H,19,21). The monoisotopic (exact) mass is 287 g/mol. The second kappa shape index (κ2) is 6.48. The van der Waals surface area contributed by atoms with E-state index in [9.17, 15) is 4.79 Å². The van der Waals surface area contributed by atoms with Crippen LogP contribution < -0.4 is 10.6 Å². The highest BCUT2D eigenvalue weighted by atomic mass is 16.1. The average Bonchev–Trinajstić information content (AvgIpc) is 2.53. The molecule has 0 bridgehead atoms. The number of likely N-dealkylation sites (tertiary alicyclic amines) is 1. The predicted molar refractivity (Wildman–Crippen MR) is 85.8 cm³/mol. The van der Waals surface area contributed by atoms with Crippen molar-refractivity contribution in [1.29, 1.82) is 0 Å². The summed E-state index contributed by atoms with van der Waals surface area (Å²) in [7, 11) is 2.16. The first-order chi connectivity index (χ1) is 10.2. The average molecular weight is 287 g/mol. The first-order valence-electron chi connectivity index (χ1n) is 8.06. The molecule has 0 aliphatic carbocycles. The molecule has 2 aliphatic heterocycles. The van der Waals surface area contributed by atoms with Gasteiger partial charge in [-0.3, -0.25) is 4.79 Å². The molecule has 0 unspecified atom stereocenters. The third-order valence-corrected chi connectivity index (χ3v) is 4.71.